The molecule has 0 unspecified atom stereocenters. The molecule has 11 nitrogen and oxygen atoms in total. The van der Waals surface area contributed by atoms with Gasteiger partial charge in [0.05, 0.1) is 36.8 Å². The summed E-state index contributed by atoms with van der Waals surface area (Å²) in [5.41, 5.74) is -3.74. The Balaban J connectivity index is 1.28. The summed E-state index contributed by atoms with van der Waals surface area (Å²) >= 11 is 0. The number of benzene rings is 1. The van der Waals surface area contributed by atoms with Crippen molar-refractivity contribution in [2.75, 3.05) is 33.3 Å². The predicted octanol–water partition coefficient (Wildman–Crippen LogP) is 3.25. The Labute approximate surface area is 265 Å². The summed E-state index contributed by atoms with van der Waals surface area (Å²) in [6.07, 6.45) is -3.00. The Morgan fingerprint density at radius 3 is 2.47 bits per heavy atom. The molecule has 1 aliphatic carbocycles. The number of amides is 4. The molecule has 2 atom stereocenters. The molecule has 0 radical (unpaired) electrons. The number of nitrogens with one attached hydrogen (secondary N) is 1. The summed E-state index contributed by atoms with van der Waals surface area (Å²) in [6, 6.07) is 5.75. The van der Waals surface area contributed by atoms with Crippen LogP contribution in [0.2, 0.25) is 0 Å². The minimum absolute atomic E-state index is 0.0298. The third-order valence-electron chi connectivity index (χ3n) is 9.24. The van der Waals surface area contributed by atoms with Crippen LogP contribution in [0.5, 0.6) is 0 Å². The fraction of sp³-hybridized carbons (Fsp3) is 0.452. The van der Waals surface area contributed by atoms with Crippen molar-refractivity contribution < 1.29 is 41.4 Å². The highest BCUT2D eigenvalue weighted by Crippen LogP contribution is 2.50. The van der Waals surface area contributed by atoms with Crippen LogP contribution in [0.1, 0.15) is 43.3 Å². The lowest BCUT2D eigenvalue weighted by Gasteiger charge is -2.55. The van der Waals surface area contributed by atoms with Gasteiger partial charge in [-0.15, -0.1) is 0 Å². The number of hydrogen-bond donors (Lipinski definition) is 2. The van der Waals surface area contributed by atoms with E-state index in [0.29, 0.717) is 20.9 Å². The molecule has 2 aromatic heterocycles. The summed E-state index contributed by atoms with van der Waals surface area (Å²) in [6.45, 7) is 0.552. The van der Waals surface area contributed by atoms with Crippen molar-refractivity contribution in [1.82, 2.24) is 34.8 Å². The summed E-state index contributed by atoms with van der Waals surface area (Å²) in [4.78, 5) is 47.0. The van der Waals surface area contributed by atoms with Gasteiger partial charge >= 0.3 is 12.2 Å². The van der Waals surface area contributed by atoms with Gasteiger partial charge in [0.1, 0.15) is 24.1 Å². The number of alkyl halides is 4. The summed E-state index contributed by atoms with van der Waals surface area (Å²) in [7, 11) is 1.45. The first-order valence-corrected chi connectivity index (χ1v) is 14.8. The SMILES string of the molecule is CN1CC(N(Cc2ccc(F)cn2)C(=O)CN2C(=O)N[C@]3(C[C@@H](F)c4cc(-c5cnn(C(C)(C)CO)c5)ccc43)C2=O)(C(F)(F)F)C1. The standard InChI is InChI=1S/C31H32F5N7O4/c1-28(2,17-44)43-12-19(10-38-43)18-4-7-23-22(8-18)24(33)9-30(23)26(46)41(27(47)39-30)14-25(45)42(13-21-6-5-20(32)11-37-21)29(31(34,35)36)15-40(3)16-29/h4-8,10-12,24,44H,9,13-17H2,1-3H3,(H,39,47)/t24-,30+/m1/s1. The Morgan fingerprint density at radius 2 is 1.85 bits per heavy atom. The highest BCUT2D eigenvalue weighted by Gasteiger charge is 2.66. The van der Waals surface area contributed by atoms with E-state index in [9.17, 15) is 37.1 Å². The van der Waals surface area contributed by atoms with E-state index in [0.717, 1.165) is 18.3 Å². The monoisotopic (exact) mass is 661 g/mol. The number of halogens is 5. The smallest absolute Gasteiger partial charge is 0.394 e. The number of likely N-dealkylation sites (N-methyl/N-ethyl adjacent to an activating group) is 1. The van der Waals surface area contributed by atoms with Crippen LogP contribution >= 0.6 is 0 Å². The van der Waals surface area contributed by atoms with E-state index in [4.69, 9.17) is 0 Å². The Kier molecular flexibility index (Phi) is 7.66. The highest BCUT2D eigenvalue weighted by atomic mass is 19.4. The van der Waals surface area contributed by atoms with Crippen LogP contribution in [-0.4, -0.2) is 97.4 Å². The number of rotatable bonds is 8. The van der Waals surface area contributed by atoms with Crippen molar-refractivity contribution >= 4 is 17.8 Å². The molecule has 0 bridgehead atoms. The van der Waals surface area contributed by atoms with Crippen molar-refractivity contribution in [3.63, 3.8) is 0 Å². The second kappa shape index (κ2) is 11.1. The van der Waals surface area contributed by atoms with Gasteiger partial charge in [0, 0.05) is 31.3 Å². The lowest BCUT2D eigenvalue weighted by Crippen LogP contribution is -2.77. The first-order chi connectivity index (χ1) is 22.0. The molecule has 0 saturated carbocycles. The Hall–Kier alpha value is -4.44. The molecule has 3 aliphatic rings. The second-order valence-corrected chi connectivity index (χ2v) is 13.0. The van der Waals surface area contributed by atoms with Gasteiger partial charge in [-0.3, -0.25) is 24.2 Å². The Bertz CT molecular complexity index is 1740. The van der Waals surface area contributed by atoms with E-state index in [1.54, 1.807) is 37.0 Å². The quantitative estimate of drug-likeness (QED) is 0.281. The first kappa shape index (κ1) is 32.5. The van der Waals surface area contributed by atoms with Crippen molar-refractivity contribution in [1.29, 1.82) is 0 Å². The average Bonchev–Trinajstić information content (AvgIpc) is 3.67. The lowest BCUT2D eigenvalue weighted by atomic mass is 9.86. The van der Waals surface area contributed by atoms with E-state index in [-0.39, 0.29) is 23.4 Å². The molecular formula is C31H32F5N7O4. The number of carbonyl (C=O) groups is 3. The molecule has 2 aliphatic heterocycles. The summed E-state index contributed by atoms with van der Waals surface area (Å²) in [5, 5.41) is 16.5. The van der Waals surface area contributed by atoms with Gasteiger partial charge in [0.2, 0.25) is 5.91 Å². The second-order valence-electron chi connectivity index (χ2n) is 13.0. The molecule has 1 spiro atoms. The van der Waals surface area contributed by atoms with E-state index < -0.39 is 85.2 Å². The van der Waals surface area contributed by atoms with Crippen LogP contribution in [0.15, 0.2) is 48.9 Å². The molecule has 47 heavy (non-hydrogen) atoms. The zero-order valence-corrected chi connectivity index (χ0v) is 25.7. The number of pyridine rings is 1. The molecule has 2 saturated heterocycles. The largest absolute Gasteiger partial charge is 0.414 e. The van der Waals surface area contributed by atoms with Crippen LogP contribution in [0.4, 0.5) is 26.7 Å². The number of imide groups is 1. The van der Waals surface area contributed by atoms with E-state index >= 15 is 4.39 Å². The number of urea groups is 1. The van der Waals surface area contributed by atoms with Gasteiger partial charge in [0.15, 0.2) is 5.54 Å². The highest BCUT2D eigenvalue weighted by molar-refractivity contribution is 6.10. The molecular weight excluding hydrogens is 629 g/mol. The normalized spacial score (nSPS) is 22.4. The number of nitrogens with zero attached hydrogens (tertiary/aromatic N) is 6. The van der Waals surface area contributed by atoms with Crippen LogP contribution in [-0.2, 0) is 27.2 Å². The van der Waals surface area contributed by atoms with Gasteiger partial charge < -0.3 is 20.2 Å². The van der Waals surface area contributed by atoms with Gasteiger partial charge in [-0.25, -0.2) is 13.6 Å². The van der Waals surface area contributed by atoms with Crippen molar-refractivity contribution in [2.24, 2.45) is 0 Å². The molecule has 4 heterocycles. The third kappa shape index (κ3) is 5.23. The minimum atomic E-state index is -4.89. The van der Waals surface area contributed by atoms with Crippen molar-refractivity contribution in [2.45, 2.75) is 55.8 Å². The molecule has 4 amide bonds. The number of likely N-dealkylation sites (tertiary alicyclic amines) is 1. The number of hydrogen-bond acceptors (Lipinski definition) is 7. The van der Waals surface area contributed by atoms with Crippen LogP contribution < -0.4 is 5.32 Å². The van der Waals surface area contributed by atoms with Crippen LogP contribution in [0.25, 0.3) is 11.1 Å². The molecule has 2 fully saturated rings. The van der Waals surface area contributed by atoms with E-state index in [2.05, 4.69) is 15.4 Å². The molecule has 3 aromatic rings. The maximum atomic E-state index is 15.6. The fourth-order valence-electron chi connectivity index (χ4n) is 6.56. The number of fused-ring (bicyclic) bond motifs is 2. The zero-order valence-electron chi connectivity index (χ0n) is 25.7. The van der Waals surface area contributed by atoms with Crippen molar-refractivity contribution in [3.05, 3.63) is 71.6 Å². The predicted molar refractivity (Wildman–Crippen MR) is 155 cm³/mol. The number of aromatic nitrogens is 3. The van der Waals surface area contributed by atoms with Gasteiger partial charge in [-0.2, -0.15) is 18.3 Å². The van der Waals surface area contributed by atoms with Gasteiger partial charge in [0.25, 0.3) is 5.91 Å². The topological polar surface area (TPSA) is 124 Å². The molecule has 6 rings (SSSR count). The maximum absolute atomic E-state index is 15.6. The number of aliphatic hydroxyl groups is 1. The number of aliphatic hydroxyl groups excluding tert-OH is 1. The zero-order chi connectivity index (χ0) is 34.1. The third-order valence-corrected chi connectivity index (χ3v) is 9.24. The molecule has 16 heteroatoms. The summed E-state index contributed by atoms with van der Waals surface area (Å²) < 4.78 is 74.3. The first-order valence-electron chi connectivity index (χ1n) is 14.8. The summed E-state index contributed by atoms with van der Waals surface area (Å²) in [5.74, 6) is -2.87. The lowest BCUT2D eigenvalue weighted by molar-refractivity contribution is -0.268. The van der Waals surface area contributed by atoms with E-state index in [1.807, 2.05) is 0 Å². The van der Waals surface area contributed by atoms with Gasteiger partial charge in [-0.05, 0) is 55.8 Å². The molecule has 1 aromatic carbocycles. The number of carbonyl (C=O) groups excluding carboxylic acids is 3. The van der Waals surface area contributed by atoms with E-state index in [1.165, 1.54) is 24.1 Å². The fourth-order valence-corrected chi connectivity index (χ4v) is 6.56. The molecule has 250 valence electrons. The minimum Gasteiger partial charge on any atom is -0.394 e. The van der Waals surface area contributed by atoms with Gasteiger partial charge in [-0.1, -0.05) is 12.1 Å². The van der Waals surface area contributed by atoms with Crippen LogP contribution in [0.3, 0.4) is 0 Å². The van der Waals surface area contributed by atoms with Crippen molar-refractivity contribution in [3.8, 4) is 11.1 Å². The maximum Gasteiger partial charge on any atom is 0.414 e. The average molecular weight is 662 g/mol. The molecule has 2 N–H and O–H groups in total. The Morgan fingerprint density at radius 1 is 1.13 bits per heavy atom. The van der Waals surface area contributed by atoms with Crippen LogP contribution in [0, 0.1) is 5.82 Å².